The number of aromatic nitrogens is 4. The number of nitrogens with one attached hydrogen (secondary N) is 1. The van der Waals surface area contributed by atoms with E-state index in [1.54, 1.807) is 13.3 Å². The van der Waals surface area contributed by atoms with Crippen molar-refractivity contribution in [2.75, 3.05) is 13.7 Å². The fourth-order valence-corrected chi connectivity index (χ4v) is 2.53. The third kappa shape index (κ3) is 3.10. The van der Waals surface area contributed by atoms with Crippen molar-refractivity contribution in [3.63, 3.8) is 0 Å². The van der Waals surface area contributed by atoms with Gasteiger partial charge in [0.1, 0.15) is 5.69 Å². The van der Waals surface area contributed by atoms with E-state index < -0.39 is 0 Å². The number of methoxy groups -OCH3 is 1. The van der Waals surface area contributed by atoms with Crippen LogP contribution in [-0.2, 0) is 20.5 Å². The van der Waals surface area contributed by atoms with Crippen LogP contribution in [0, 0.1) is 0 Å². The summed E-state index contributed by atoms with van der Waals surface area (Å²) >= 11 is 0. The van der Waals surface area contributed by atoms with Gasteiger partial charge in [0.05, 0.1) is 30.7 Å². The summed E-state index contributed by atoms with van der Waals surface area (Å²) < 4.78 is 9.28. The molecule has 0 spiro atoms. The van der Waals surface area contributed by atoms with Gasteiger partial charge >= 0.3 is 0 Å². The van der Waals surface area contributed by atoms with E-state index >= 15 is 0 Å². The quantitative estimate of drug-likeness (QED) is 0.845. The van der Waals surface area contributed by atoms with Gasteiger partial charge in [-0.05, 0) is 25.5 Å². The lowest BCUT2D eigenvalue weighted by molar-refractivity contribution is 0.398. The molecule has 0 radical (unpaired) electrons. The molecule has 2 rings (SSSR count). The Morgan fingerprint density at radius 3 is 2.62 bits per heavy atom. The molecule has 116 valence electrons. The Bertz CT molecular complexity index is 587. The van der Waals surface area contributed by atoms with Crippen molar-refractivity contribution < 1.29 is 4.74 Å². The van der Waals surface area contributed by atoms with Crippen molar-refractivity contribution in [1.82, 2.24) is 24.9 Å². The monoisotopic (exact) mass is 291 g/mol. The summed E-state index contributed by atoms with van der Waals surface area (Å²) in [6.07, 6.45) is 3.75. The Labute approximate surface area is 126 Å². The predicted octanol–water partition coefficient (Wildman–Crippen LogP) is 1.81. The summed E-state index contributed by atoms with van der Waals surface area (Å²) in [6.45, 7) is 5.20. The van der Waals surface area contributed by atoms with Crippen molar-refractivity contribution in [3.05, 3.63) is 29.3 Å². The molecule has 0 aromatic carbocycles. The van der Waals surface area contributed by atoms with Gasteiger partial charge in [-0.1, -0.05) is 13.8 Å². The van der Waals surface area contributed by atoms with Gasteiger partial charge in [0.25, 0.3) is 0 Å². The molecule has 1 atom stereocenters. The van der Waals surface area contributed by atoms with E-state index in [-0.39, 0.29) is 6.04 Å². The lowest BCUT2D eigenvalue weighted by Crippen LogP contribution is -2.27. The van der Waals surface area contributed by atoms with Crippen molar-refractivity contribution >= 4 is 0 Å². The first-order valence-corrected chi connectivity index (χ1v) is 7.44. The molecule has 2 aromatic rings. The van der Waals surface area contributed by atoms with E-state index in [0.29, 0.717) is 0 Å². The summed E-state index contributed by atoms with van der Waals surface area (Å²) in [5.41, 5.74) is 3.25. The zero-order valence-electron chi connectivity index (χ0n) is 13.6. The van der Waals surface area contributed by atoms with E-state index in [2.05, 4.69) is 35.4 Å². The van der Waals surface area contributed by atoms with Crippen molar-refractivity contribution in [2.24, 2.45) is 14.1 Å². The van der Waals surface area contributed by atoms with Gasteiger partial charge in [-0.2, -0.15) is 10.2 Å². The highest BCUT2D eigenvalue weighted by Gasteiger charge is 2.25. The largest absolute Gasteiger partial charge is 0.493 e. The van der Waals surface area contributed by atoms with Crippen LogP contribution in [0.25, 0.3) is 0 Å². The summed E-state index contributed by atoms with van der Waals surface area (Å²) in [6, 6.07) is 2.17. The van der Waals surface area contributed by atoms with Gasteiger partial charge in [-0.15, -0.1) is 0 Å². The van der Waals surface area contributed by atoms with Crippen molar-refractivity contribution in [3.8, 4) is 5.75 Å². The molecule has 0 aliphatic rings. The number of nitrogens with zero attached hydrogens (tertiary/aromatic N) is 4. The van der Waals surface area contributed by atoms with Crippen LogP contribution in [0.1, 0.15) is 43.4 Å². The normalized spacial score (nSPS) is 12.6. The SMILES string of the molecule is CCCNC(c1cc(CC)nn1C)c1c(OC)cnn1C. The van der Waals surface area contributed by atoms with E-state index in [1.807, 2.05) is 23.5 Å². The molecular formula is C15H25N5O. The second-order valence-corrected chi connectivity index (χ2v) is 5.15. The van der Waals surface area contributed by atoms with Crippen LogP contribution in [0.2, 0.25) is 0 Å². The Balaban J connectivity index is 2.46. The highest BCUT2D eigenvalue weighted by atomic mass is 16.5. The number of ether oxygens (including phenoxy) is 1. The average Bonchev–Trinajstić information content (AvgIpc) is 3.04. The molecule has 0 aliphatic heterocycles. The minimum atomic E-state index is 0.0187. The van der Waals surface area contributed by atoms with E-state index in [1.165, 1.54) is 0 Å². The van der Waals surface area contributed by atoms with Crippen LogP contribution >= 0.6 is 0 Å². The standard InChI is InChI=1S/C15H25N5O/c1-6-8-16-14(12-9-11(7-2)18-19(12)3)15-13(21-5)10-17-20(15)4/h9-10,14,16H,6-8H2,1-5H3. The van der Waals surface area contributed by atoms with Gasteiger partial charge in [0, 0.05) is 14.1 Å². The van der Waals surface area contributed by atoms with Crippen LogP contribution in [0.3, 0.4) is 0 Å². The number of rotatable bonds is 7. The lowest BCUT2D eigenvalue weighted by atomic mass is 10.1. The van der Waals surface area contributed by atoms with Crippen LogP contribution < -0.4 is 10.1 Å². The maximum atomic E-state index is 5.47. The van der Waals surface area contributed by atoms with Crippen LogP contribution in [0.4, 0.5) is 0 Å². The minimum absolute atomic E-state index is 0.0187. The van der Waals surface area contributed by atoms with E-state index in [4.69, 9.17) is 4.74 Å². The highest BCUT2D eigenvalue weighted by molar-refractivity contribution is 5.34. The lowest BCUT2D eigenvalue weighted by Gasteiger charge is -2.20. The fourth-order valence-electron chi connectivity index (χ4n) is 2.53. The second-order valence-electron chi connectivity index (χ2n) is 5.15. The van der Waals surface area contributed by atoms with Gasteiger partial charge in [0.15, 0.2) is 5.75 Å². The Kier molecular flexibility index (Phi) is 5.01. The summed E-state index contributed by atoms with van der Waals surface area (Å²) in [5, 5.41) is 12.5. The molecule has 0 amide bonds. The molecule has 0 fully saturated rings. The molecule has 0 aliphatic carbocycles. The molecule has 2 heterocycles. The molecule has 1 N–H and O–H groups in total. The van der Waals surface area contributed by atoms with Crippen molar-refractivity contribution in [1.29, 1.82) is 0 Å². The molecule has 21 heavy (non-hydrogen) atoms. The second kappa shape index (κ2) is 6.76. The Morgan fingerprint density at radius 1 is 1.29 bits per heavy atom. The average molecular weight is 291 g/mol. The zero-order chi connectivity index (χ0) is 15.4. The Hall–Kier alpha value is -1.82. The minimum Gasteiger partial charge on any atom is -0.493 e. The predicted molar refractivity (Wildman–Crippen MR) is 82.5 cm³/mol. The molecule has 2 aromatic heterocycles. The first kappa shape index (κ1) is 15.6. The number of hydrogen-bond donors (Lipinski definition) is 1. The van der Waals surface area contributed by atoms with Crippen LogP contribution in [0.5, 0.6) is 5.75 Å². The first-order chi connectivity index (χ1) is 10.1. The molecule has 0 saturated heterocycles. The van der Waals surface area contributed by atoms with Gasteiger partial charge in [-0.25, -0.2) is 0 Å². The van der Waals surface area contributed by atoms with Crippen LogP contribution in [0.15, 0.2) is 12.3 Å². The topological polar surface area (TPSA) is 56.9 Å². The van der Waals surface area contributed by atoms with Gasteiger partial charge < -0.3 is 10.1 Å². The third-order valence-corrected chi connectivity index (χ3v) is 3.67. The van der Waals surface area contributed by atoms with Gasteiger partial charge in [0.2, 0.25) is 0 Å². The van der Waals surface area contributed by atoms with E-state index in [0.717, 1.165) is 42.2 Å². The molecule has 0 bridgehead atoms. The number of aryl methyl sites for hydroxylation is 3. The van der Waals surface area contributed by atoms with Crippen LogP contribution in [-0.4, -0.2) is 33.2 Å². The summed E-state index contributed by atoms with van der Waals surface area (Å²) in [4.78, 5) is 0. The van der Waals surface area contributed by atoms with Crippen molar-refractivity contribution in [2.45, 2.75) is 32.7 Å². The zero-order valence-corrected chi connectivity index (χ0v) is 13.6. The summed E-state index contributed by atoms with van der Waals surface area (Å²) in [7, 11) is 5.60. The molecule has 1 unspecified atom stereocenters. The molecule has 0 saturated carbocycles. The van der Waals surface area contributed by atoms with E-state index in [9.17, 15) is 0 Å². The highest BCUT2D eigenvalue weighted by Crippen LogP contribution is 2.29. The Morgan fingerprint density at radius 2 is 2.05 bits per heavy atom. The molecular weight excluding hydrogens is 266 g/mol. The molecule has 6 heteroatoms. The molecule has 6 nitrogen and oxygen atoms in total. The fraction of sp³-hybridized carbons (Fsp3) is 0.600. The number of hydrogen-bond acceptors (Lipinski definition) is 4. The third-order valence-electron chi connectivity index (χ3n) is 3.67. The first-order valence-electron chi connectivity index (χ1n) is 7.44. The summed E-state index contributed by atoms with van der Waals surface area (Å²) in [5.74, 6) is 0.797. The maximum Gasteiger partial charge on any atom is 0.161 e. The maximum absolute atomic E-state index is 5.47. The van der Waals surface area contributed by atoms with Gasteiger partial charge in [-0.3, -0.25) is 9.36 Å². The smallest absolute Gasteiger partial charge is 0.161 e.